The zero-order valence-electron chi connectivity index (χ0n) is 19.8. The summed E-state index contributed by atoms with van der Waals surface area (Å²) in [6.07, 6.45) is 2.96. The Labute approximate surface area is 210 Å². The summed E-state index contributed by atoms with van der Waals surface area (Å²) in [5.74, 6) is 0.192. The monoisotopic (exact) mass is 494 g/mol. The SMILES string of the molecule is O=C(Nc1ccc(C(=O)N2CCNCC2c2ccccc2Cl)c(N2CCC3(COC3)C2)c1)C1CC1. The first kappa shape index (κ1) is 22.8. The number of piperazine rings is 1. The van der Waals surface area contributed by atoms with Crippen molar-refractivity contribution in [3.63, 3.8) is 0 Å². The van der Waals surface area contributed by atoms with E-state index in [1.165, 1.54) is 0 Å². The van der Waals surface area contributed by atoms with Crippen LogP contribution in [0.15, 0.2) is 42.5 Å². The molecule has 4 fully saturated rings. The summed E-state index contributed by atoms with van der Waals surface area (Å²) < 4.78 is 5.52. The average Bonchev–Trinajstić information content (AvgIpc) is 3.61. The topological polar surface area (TPSA) is 73.9 Å². The third-order valence-corrected chi connectivity index (χ3v) is 8.15. The molecule has 0 bridgehead atoms. The highest BCUT2D eigenvalue weighted by Crippen LogP contribution is 2.42. The van der Waals surface area contributed by atoms with Crippen LogP contribution in [0.1, 0.15) is 41.2 Å². The number of nitrogens with one attached hydrogen (secondary N) is 2. The average molecular weight is 495 g/mol. The molecule has 2 amide bonds. The van der Waals surface area contributed by atoms with Gasteiger partial charge in [0.25, 0.3) is 5.91 Å². The molecule has 0 radical (unpaired) electrons. The van der Waals surface area contributed by atoms with E-state index in [4.69, 9.17) is 16.3 Å². The van der Waals surface area contributed by atoms with Gasteiger partial charge in [-0.3, -0.25) is 9.59 Å². The summed E-state index contributed by atoms with van der Waals surface area (Å²) in [6.45, 7) is 5.29. The molecule has 8 heteroatoms. The summed E-state index contributed by atoms with van der Waals surface area (Å²) in [7, 11) is 0. The van der Waals surface area contributed by atoms with E-state index in [0.29, 0.717) is 23.7 Å². The van der Waals surface area contributed by atoms with Crippen molar-refractivity contribution < 1.29 is 14.3 Å². The van der Waals surface area contributed by atoms with Crippen molar-refractivity contribution in [1.82, 2.24) is 10.2 Å². The number of hydrogen-bond donors (Lipinski definition) is 2. The normalized spacial score (nSPS) is 23.3. The third-order valence-electron chi connectivity index (χ3n) is 7.81. The maximum atomic E-state index is 14.1. The van der Waals surface area contributed by atoms with Gasteiger partial charge < -0.3 is 25.2 Å². The van der Waals surface area contributed by atoms with E-state index in [1.54, 1.807) is 0 Å². The Morgan fingerprint density at radius 3 is 2.66 bits per heavy atom. The number of anilines is 2. The van der Waals surface area contributed by atoms with E-state index in [-0.39, 0.29) is 29.2 Å². The van der Waals surface area contributed by atoms with Gasteiger partial charge >= 0.3 is 0 Å². The lowest BCUT2D eigenvalue weighted by atomic mass is 9.85. The Kier molecular flexibility index (Phi) is 5.95. The van der Waals surface area contributed by atoms with Crippen LogP contribution < -0.4 is 15.5 Å². The molecule has 7 nitrogen and oxygen atoms in total. The molecule has 2 aromatic rings. The number of hydrogen-bond acceptors (Lipinski definition) is 5. The molecular weight excluding hydrogens is 464 g/mol. The van der Waals surface area contributed by atoms with Crippen molar-refractivity contribution in [1.29, 1.82) is 0 Å². The molecule has 35 heavy (non-hydrogen) atoms. The van der Waals surface area contributed by atoms with Crippen LogP contribution >= 0.6 is 11.6 Å². The number of benzene rings is 2. The minimum Gasteiger partial charge on any atom is -0.380 e. The van der Waals surface area contributed by atoms with Gasteiger partial charge in [0.1, 0.15) is 0 Å². The summed E-state index contributed by atoms with van der Waals surface area (Å²) >= 11 is 6.54. The fraction of sp³-hybridized carbons (Fsp3) is 0.481. The predicted molar refractivity (Wildman–Crippen MR) is 136 cm³/mol. The number of carbonyl (C=O) groups is 2. The van der Waals surface area contributed by atoms with E-state index in [2.05, 4.69) is 15.5 Å². The van der Waals surface area contributed by atoms with Crippen LogP contribution in [0.25, 0.3) is 0 Å². The summed E-state index contributed by atoms with van der Waals surface area (Å²) in [4.78, 5) is 30.8. The quantitative estimate of drug-likeness (QED) is 0.663. The van der Waals surface area contributed by atoms with Crippen LogP contribution in [-0.4, -0.2) is 62.7 Å². The first-order valence-electron chi connectivity index (χ1n) is 12.6. The summed E-state index contributed by atoms with van der Waals surface area (Å²) in [5.41, 5.74) is 3.45. The highest BCUT2D eigenvalue weighted by molar-refractivity contribution is 6.31. The Morgan fingerprint density at radius 1 is 1.11 bits per heavy atom. The van der Waals surface area contributed by atoms with Crippen molar-refractivity contribution in [2.75, 3.05) is 56.2 Å². The van der Waals surface area contributed by atoms with E-state index >= 15 is 0 Å². The molecule has 3 saturated heterocycles. The van der Waals surface area contributed by atoms with E-state index < -0.39 is 0 Å². The van der Waals surface area contributed by atoms with Gasteiger partial charge in [-0.15, -0.1) is 0 Å². The third kappa shape index (κ3) is 4.41. The largest absolute Gasteiger partial charge is 0.380 e. The molecule has 1 aliphatic carbocycles. The molecule has 1 atom stereocenters. The van der Waals surface area contributed by atoms with Crippen LogP contribution in [0.5, 0.6) is 0 Å². The van der Waals surface area contributed by atoms with Gasteiger partial charge in [-0.05, 0) is 49.1 Å². The predicted octanol–water partition coefficient (Wildman–Crippen LogP) is 3.70. The molecule has 4 aliphatic rings. The van der Waals surface area contributed by atoms with Gasteiger partial charge in [-0.1, -0.05) is 29.8 Å². The van der Waals surface area contributed by atoms with Crippen molar-refractivity contribution in [3.8, 4) is 0 Å². The second-order valence-corrected chi connectivity index (χ2v) is 10.8. The zero-order chi connectivity index (χ0) is 24.0. The Balaban J connectivity index is 1.33. The molecule has 1 unspecified atom stereocenters. The van der Waals surface area contributed by atoms with Crippen LogP contribution in [-0.2, 0) is 9.53 Å². The highest BCUT2D eigenvalue weighted by atomic mass is 35.5. The molecule has 2 aromatic carbocycles. The van der Waals surface area contributed by atoms with Crippen molar-refractivity contribution in [2.45, 2.75) is 25.3 Å². The van der Waals surface area contributed by atoms with Gasteiger partial charge in [-0.2, -0.15) is 0 Å². The second kappa shape index (κ2) is 9.12. The smallest absolute Gasteiger partial charge is 0.256 e. The molecule has 1 spiro atoms. The minimum atomic E-state index is -0.142. The fourth-order valence-corrected chi connectivity index (χ4v) is 5.80. The molecule has 1 saturated carbocycles. The number of amides is 2. The molecule has 3 heterocycles. The summed E-state index contributed by atoms with van der Waals surface area (Å²) in [5, 5.41) is 7.15. The van der Waals surface area contributed by atoms with Crippen molar-refractivity contribution in [2.24, 2.45) is 11.3 Å². The maximum absolute atomic E-state index is 14.1. The number of carbonyl (C=O) groups excluding carboxylic acids is 2. The molecular formula is C27H31ClN4O3. The number of nitrogens with zero attached hydrogens (tertiary/aromatic N) is 2. The second-order valence-electron chi connectivity index (χ2n) is 10.4. The lowest BCUT2D eigenvalue weighted by molar-refractivity contribution is -0.117. The zero-order valence-corrected chi connectivity index (χ0v) is 20.5. The van der Waals surface area contributed by atoms with Crippen molar-refractivity contribution >= 4 is 34.8 Å². The Morgan fingerprint density at radius 2 is 1.94 bits per heavy atom. The van der Waals surface area contributed by atoms with Crippen molar-refractivity contribution in [3.05, 3.63) is 58.6 Å². The fourth-order valence-electron chi connectivity index (χ4n) is 5.53. The van der Waals surface area contributed by atoms with Gasteiger partial charge in [0, 0.05) is 54.8 Å². The number of ether oxygens (including phenoxy) is 1. The van der Waals surface area contributed by atoms with E-state index in [1.807, 2.05) is 47.4 Å². The number of halogens is 1. The van der Waals surface area contributed by atoms with Crippen LogP contribution in [0.2, 0.25) is 5.02 Å². The first-order valence-corrected chi connectivity index (χ1v) is 12.9. The van der Waals surface area contributed by atoms with E-state index in [9.17, 15) is 9.59 Å². The lowest BCUT2D eigenvalue weighted by Gasteiger charge is -2.39. The van der Waals surface area contributed by atoms with E-state index in [0.717, 1.165) is 69.0 Å². The molecule has 3 aliphatic heterocycles. The number of rotatable bonds is 5. The van der Waals surface area contributed by atoms with Gasteiger partial charge in [0.15, 0.2) is 0 Å². The first-order chi connectivity index (χ1) is 17.0. The minimum absolute atomic E-state index is 0.00250. The molecule has 184 valence electrons. The molecule has 6 rings (SSSR count). The Bertz CT molecular complexity index is 1150. The summed E-state index contributed by atoms with van der Waals surface area (Å²) in [6, 6.07) is 13.3. The Hall–Kier alpha value is -2.61. The van der Waals surface area contributed by atoms with Gasteiger partial charge in [0.05, 0.1) is 30.5 Å². The standard InChI is InChI=1S/C27H31ClN4O3/c28-22-4-2-1-3-20(22)24-14-29-10-12-32(24)26(34)21-8-7-19(30-25(33)18-5-6-18)13-23(21)31-11-9-27(15-31)16-35-17-27/h1-4,7-8,13,18,24,29H,5-6,9-12,14-17H2,(H,30,33). The van der Waals surface area contributed by atoms with Crippen LogP contribution in [0, 0.1) is 11.3 Å². The van der Waals surface area contributed by atoms with Crippen LogP contribution in [0.4, 0.5) is 11.4 Å². The maximum Gasteiger partial charge on any atom is 0.256 e. The molecule has 2 N–H and O–H groups in total. The highest BCUT2D eigenvalue weighted by Gasteiger charge is 2.45. The van der Waals surface area contributed by atoms with Gasteiger partial charge in [0.2, 0.25) is 5.91 Å². The van der Waals surface area contributed by atoms with Crippen LogP contribution in [0.3, 0.4) is 0 Å². The molecule has 0 aromatic heterocycles. The lowest BCUT2D eigenvalue weighted by Crippen LogP contribution is -2.49. The van der Waals surface area contributed by atoms with Gasteiger partial charge in [-0.25, -0.2) is 0 Å².